The monoisotopic (exact) mass is 254 g/mol. The van der Waals surface area contributed by atoms with E-state index in [0.717, 1.165) is 18.4 Å². The van der Waals surface area contributed by atoms with Gasteiger partial charge in [-0.2, -0.15) is 0 Å². The minimum absolute atomic E-state index is 0.193. The van der Waals surface area contributed by atoms with Gasteiger partial charge < -0.3 is 9.47 Å². The number of halogens is 1. The second-order valence-corrected chi connectivity index (χ2v) is 4.36. The van der Waals surface area contributed by atoms with Gasteiger partial charge in [0.15, 0.2) is 0 Å². The summed E-state index contributed by atoms with van der Waals surface area (Å²) in [5, 5.41) is 0.554. The van der Waals surface area contributed by atoms with E-state index in [2.05, 4.69) is 0 Å². The van der Waals surface area contributed by atoms with Crippen molar-refractivity contribution in [2.24, 2.45) is 0 Å². The van der Waals surface area contributed by atoms with Gasteiger partial charge in [-0.25, -0.2) is 0 Å². The van der Waals surface area contributed by atoms with E-state index in [1.54, 1.807) is 6.07 Å². The van der Waals surface area contributed by atoms with Crippen molar-refractivity contribution in [3.05, 3.63) is 28.8 Å². The van der Waals surface area contributed by atoms with Crippen LogP contribution in [-0.4, -0.2) is 19.2 Å². The molecule has 1 heterocycles. The van der Waals surface area contributed by atoms with Gasteiger partial charge >= 0.3 is 5.97 Å². The zero-order chi connectivity index (χ0) is 12.3. The first kappa shape index (κ1) is 12.2. The Balaban J connectivity index is 2.36. The van der Waals surface area contributed by atoms with Gasteiger partial charge in [0, 0.05) is 5.56 Å². The number of fused-ring (bicyclic) bond motifs is 1. The number of carbonyl (C=O) groups excluding carboxylic acids is 1. The highest BCUT2D eigenvalue weighted by Gasteiger charge is 2.28. The third kappa shape index (κ3) is 2.55. The Bertz CT molecular complexity index is 417. The van der Waals surface area contributed by atoms with Gasteiger partial charge in [-0.1, -0.05) is 23.7 Å². The smallest absolute Gasteiger partial charge is 0.313 e. The van der Waals surface area contributed by atoms with Gasteiger partial charge in [-0.05, 0) is 25.8 Å². The molecule has 1 aromatic carbocycles. The molecule has 3 nitrogen and oxygen atoms in total. The second-order valence-electron chi connectivity index (χ2n) is 3.95. The number of ether oxygens (including phenoxy) is 2. The highest BCUT2D eigenvalue weighted by molar-refractivity contribution is 6.32. The quantitative estimate of drug-likeness (QED) is 0.761. The van der Waals surface area contributed by atoms with Gasteiger partial charge in [0.2, 0.25) is 0 Å². The summed E-state index contributed by atoms with van der Waals surface area (Å²) in [4.78, 5) is 11.9. The van der Waals surface area contributed by atoms with Crippen molar-refractivity contribution in [2.75, 3.05) is 13.2 Å². The van der Waals surface area contributed by atoms with Gasteiger partial charge in [0.1, 0.15) is 5.75 Å². The van der Waals surface area contributed by atoms with Crippen LogP contribution in [0, 0.1) is 0 Å². The number of hydrogen-bond acceptors (Lipinski definition) is 3. The first-order valence-corrected chi connectivity index (χ1v) is 6.19. The Morgan fingerprint density at radius 2 is 2.41 bits per heavy atom. The summed E-state index contributed by atoms with van der Waals surface area (Å²) < 4.78 is 10.7. The van der Waals surface area contributed by atoms with E-state index >= 15 is 0 Å². The molecule has 1 aliphatic rings. The Labute approximate surface area is 106 Å². The fourth-order valence-electron chi connectivity index (χ4n) is 2.06. The lowest BCUT2D eigenvalue weighted by Gasteiger charge is -2.15. The predicted octanol–water partition coefficient (Wildman–Crippen LogP) is 3.16. The zero-order valence-corrected chi connectivity index (χ0v) is 10.5. The van der Waals surface area contributed by atoms with Crippen LogP contribution >= 0.6 is 11.6 Å². The van der Waals surface area contributed by atoms with Crippen LogP contribution in [0.15, 0.2) is 18.2 Å². The molecule has 0 spiro atoms. The number of carbonyl (C=O) groups is 1. The van der Waals surface area contributed by atoms with E-state index in [-0.39, 0.29) is 11.9 Å². The Hall–Kier alpha value is -1.22. The number of benzene rings is 1. The second kappa shape index (κ2) is 5.41. The molecule has 0 aromatic heterocycles. The maximum Gasteiger partial charge on any atom is 0.313 e. The van der Waals surface area contributed by atoms with E-state index in [9.17, 15) is 4.79 Å². The third-order valence-electron chi connectivity index (χ3n) is 2.83. The molecule has 17 heavy (non-hydrogen) atoms. The van der Waals surface area contributed by atoms with Gasteiger partial charge in [0.05, 0.1) is 24.2 Å². The minimum Gasteiger partial charge on any atom is -0.492 e. The number of rotatable bonds is 2. The van der Waals surface area contributed by atoms with E-state index in [4.69, 9.17) is 21.1 Å². The molecule has 0 N–H and O–H groups in total. The van der Waals surface area contributed by atoms with Crippen LogP contribution in [-0.2, 0) is 9.53 Å². The lowest BCUT2D eigenvalue weighted by molar-refractivity contribution is -0.145. The third-order valence-corrected chi connectivity index (χ3v) is 3.13. The molecule has 2 rings (SSSR count). The maximum absolute atomic E-state index is 11.9. The predicted molar refractivity (Wildman–Crippen MR) is 65.6 cm³/mol. The van der Waals surface area contributed by atoms with Crippen LogP contribution in [0.25, 0.3) is 0 Å². The molecule has 1 aliphatic heterocycles. The topological polar surface area (TPSA) is 35.5 Å². The van der Waals surface area contributed by atoms with Crippen LogP contribution in [0.4, 0.5) is 0 Å². The first-order valence-electron chi connectivity index (χ1n) is 5.82. The van der Waals surface area contributed by atoms with Crippen molar-refractivity contribution in [3.8, 4) is 5.75 Å². The van der Waals surface area contributed by atoms with Crippen molar-refractivity contribution >= 4 is 17.6 Å². The normalized spacial score (nSPS) is 18.8. The average Bonchev–Trinajstić information content (AvgIpc) is 2.52. The summed E-state index contributed by atoms with van der Waals surface area (Å²) in [6.45, 7) is 2.79. The number of hydrogen-bond donors (Lipinski definition) is 0. The van der Waals surface area contributed by atoms with Crippen molar-refractivity contribution in [2.45, 2.75) is 25.7 Å². The number of esters is 1. The fraction of sp³-hybridized carbons (Fsp3) is 0.462. The van der Waals surface area contributed by atoms with Crippen molar-refractivity contribution in [1.82, 2.24) is 0 Å². The molecular formula is C13H15ClO3. The molecule has 92 valence electrons. The molecule has 1 unspecified atom stereocenters. The van der Waals surface area contributed by atoms with E-state index < -0.39 is 0 Å². The van der Waals surface area contributed by atoms with Crippen LogP contribution in [0.5, 0.6) is 5.75 Å². The van der Waals surface area contributed by atoms with Crippen molar-refractivity contribution < 1.29 is 14.3 Å². The van der Waals surface area contributed by atoms with Crippen LogP contribution < -0.4 is 4.74 Å². The van der Waals surface area contributed by atoms with Crippen LogP contribution in [0.2, 0.25) is 5.02 Å². The van der Waals surface area contributed by atoms with Crippen molar-refractivity contribution in [1.29, 1.82) is 0 Å². The molecule has 0 radical (unpaired) electrons. The highest BCUT2D eigenvalue weighted by Crippen LogP contribution is 2.38. The average molecular weight is 255 g/mol. The maximum atomic E-state index is 11.9. The summed E-state index contributed by atoms with van der Waals surface area (Å²) in [5.41, 5.74) is 0.841. The molecule has 1 atom stereocenters. The van der Waals surface area contributed by atoms with E-state index in [1.807, 2.05) is 19.1 Å². The minimum atomic E-state index is -0.258. The molecule has 1 aromatic rings. The Morgan fingerprint density at radius 3 is 3.18 bits per heavy atom. The molecule has 0 saturated heterocycles. The summed E-state index contributed by atoms with van der Waals surface area (Å²) in [6.07, 6.45) is 1.57. The molecule has 4 heteroatoms. The fourth-order valence-corrected chi connectivity index (χ4v) is 2.29. The molecule has 0 amide bonds. The SMILES string of the molecule is CCOC(=O)C1CCCOc2c(Cl)cccc21. The Kier molecular flexibility index (Phi) is 3.89. The van der Waals surface area contributed by atoms with Gasteiger partial charge in [0.25, 0.3) is 0 Å². The molecule has 0 fully saturated rings. The zero-order valence-electron chi connectivity index (χ0n) is 9.74. The van der Waals surface area contributed by atoms with Crippen LogP contribution in [0.1, 0.15) is 31.2 Å². The summed E-state index contributed by atoms with van der Waals surface area (Å²) in [5.74, 6) is 0.178. The number of para-hydroxylation sites is 1. The summed E-state index contributed by atoms with van der Waals surface area (Å²) in [7, 11) is 0. The first-order chi connectivity index (χ1) is 8.24. The van der Waals surface area contributed by atoms with Gasteiger partial charge in [-0.15, -0.1) is 0 Å². The lowest BCUT2D eigenvalue weighted by atomic mass is 9.94. The lowest BCUT2D eigenvalue weighted by Crippen LogP contribution is -2.15. The van der Waals surface area contributed by atoms with E-state index in [1.165, 1.54) is 0 Å². The largest absolute Gasteiger partial charge is 0.492 e. The molecule has 0 aliphatic carbocycles. The molecule has 0 saturated carbocycles. The van der Waals surface area contributed by atoms with Crippen molar-refractivity contribution in [3.63, 3.8) is 0 Å². The standard InChI is InChI=1S/C13H15ClO3/c1-2-16-13(15)10-6-4-8-17-12-9(10)5-3-7-11(12)14/h3,5,7,10H,2,4,6,8H2,1H3. The summed E-state index contributed by atoms with van der Waals surface area (Å²) >= 11 is 6.08. The summed E-state index contributed by atoms with van der Waals surface area (Å²) in [6, 6.07) is 5.49. The van der Waals surface area contributed by atoms with Gasteiger partial charge in [-0.3, -0.25) is 4.79 Å². The van der Waals surface area contributed by atoms with Crippen LogP contribution in [0.3, 0.4) is 0 Å². The highest BCUT2D eigenvalue weighted by atomic mass is 35.5. The molecular weight excluding hydrogens is 240 g/mol. The molecule has 0 bridgehead atoms. The Morgan fingerprint density at radius 1 is 1.59 bits per heavy atom. The van der Waals surface area contributed by atoms with E-state index in [0.29, 0.717) is 24.0 Å².